The van der Waals surface area contributed by atoms with Crippen LogP contribution in [0.5, 0.6) is 17.2 Å². The number of allylic oxidation sites excluding steroid dienone is 2. The molecular weight excluding hydrogens is 460 g/mol. The molecule has 2 atom stereocenters. The van der Waals surface area contributed by atoms with Crippen LogP contribution in [0.25, 0.3) is 0 Å². The molecule has 4 aliphatic rings. The number of hydrogen-bond acceptors (Lipinski definition) is 8. The first-order valence-corrected chi connectivity index (χ1v) is 12.0. The van der Waals surface area contributed by atoms with Crippen molar-refractivity contribution < 1.29 is 24.1 Å². The third kappa shape index (κ3) is 4.17. The molecule has 0 spiro atoms. The molecule has 9 nitrogen and oxygen atoms in total. The van der Waals surface area contributed by atoms with Gasteiger partial charge in [-0.2, -0.15) is 0 Å². The highest BCUT2D eigenvalue weighted by Gasteiger charge is 2.34. The molecule has 184 valence electrons. The number of rotatable bonds is 3. The van der Waals surface area contributed by atoms with Gasteiger partial charge in [-0.25, -0.2) is 9.79 Å². The standard InChI is InChI=1S/C27H26N4O5/c32-22-10-4-2-8-20(22)25-28-21-9-3-1-7-19(21)26(29-25)30-12-14-31(15-13-30)27(33)34-16-18-6-5-11-23-24(18)36-17-35-23/h1-11,19,21,32H,12-17H2. The number of para-hydroxylation sites is 2. The fourth-order valence-corrected chi connectivity index (χ4v) is 4.84. The van der Waals surface area contributed by atoms with Crippen LogP contribution in [0.4, 0.5) is 4.79 Å². The lowest BCUT2D eigenvalue weighted by Gasteiger charge is -2.40. The number of amides is 1. The Balaban J connectivity index is 1.13. The second kappa shape index (κ2) is 9.41. The summed E-state index contributed by atoms with van der Waals surface area (Å²) in [7, 11) is 0. The minimum absolute atomic E-state index is 0.0190. The van der Waals surface area contributed by atoms with Gasteiger partial charge in [-0.05, 0) is 18.2 Å². The fraction of sp³-hybridized carbons (Fsp3) is 0.296. The number of fused-ring (bicyclic) bond motifs is 2. The van der Waals surface area contributed by atoms with E-state index in [-0.39, 0.29) is 37.2 Å². The van der Waals surface area contributed by atoms with E-state index in [1.807, 2.05) is 42.5 Å². The van der Waals surface area contributed by atoms with E-state index in [1.54, 1.807) is 17.0 Å². The normalized spacial score (nSPS) is 22.1. The van der Waals surface area contributed by atoms with Gasteiger partial charge in [0.2, 0.25) is 6.79 Å². The van der Waals surface area contributed by atoms with Gasteiger partial charge >= 0.3 is 6.09 Å². The van der Waals surface area contributed by atoms with Gasteiger partial charge in [-0.15, -0.1) is 0 Å². The molecule has 3 aliphatic heterocycles. The van der Waals surface area contributed by atoms with Crippen LogP contribution in [0.3, 0.4) is 0 Å². The number of ether oxygens (including phenoxy) is 3. The van der Waals surface area contributed by atoms with Gasteiger partial charge in [-0.1, -0.05) is 48.6 Å². The summed E-state index contributed by atoms with van der Waals surface area (Å²) in [5.41, 5.74) is 1.40. The van der Waals surface area contributed by atoms with Gasteiger partial charge in [0.25, 0.3) is 0 Å². The summed E-state index contributed by atoms with van der Waals surface area (Å²) in [4.78, 5) is 26.4. The van der Waals surface area contributed by atoms with Gasteiger partial charge in [0, 0.05) is 31.7 Å². The van der Waals surface area contributed by atoms with Crippen LogP contribution in [0.15, 0.2) is 76.8 Å². The number of nitrogens with zero attached hydrogens (tertiary/aromatic N) is 4. The van der Waals surface area contributed by atoms with Crippen molar-refractivity contribution in [2.75, 3.05) is 33.0 Å². The zero-order valence-corrected chi connectivity index (χ0v) is 19.6. The number of aromatic hydroxyl groups is 1. The molecule has 2 aromatic rings. The molecule has 1 fully saturated rings. The van der Waals surface area contributed by atoms with E-state index in [0.29, 0.717) is 49.1 Å². The van der Waals surface area contributed by atoms with E-state index >= 15 is 0 Å². The van der Waals surface area contributed by atoms with E-state index < -0.39 is 0 Å². The predicted molar refractivity (Wildman–Crippen MR) is 134 cm³/mol. The highest BCUT2D eigenvalue weighted by Crippen LogP contribution is 2.35. The highest BCUT2D eigenvalue weighted by molar-refractivity contribution is 6.10. The third-order valence-corrected chi connectivity index (χ3v) is 6.73. The lowest BCUT2D eigenvalue weighted by molar-refractivity contribution is 0.0812. The summed E-state index contributed by atoms with van der Waals surface area (Å²) >= 11 is 0. The van der Waals surface area contributed by atoms with Gasteiger partial charge in [-0.3, -0.25) is 4.99 Å². The van der Waals surface area contributed by atoms with Crippen LogP contribution in [-0.4, -0.2) is 71.7 Å². The number of aliphatic imine (C=N–C) groups is 2. The second-order valence-corrected chi connectivity index (χ2v) is 8.91. The maximum atomic E-state index is 12.8. The van der Waals surface area contributed by atoms with Gasteiger partial charge in [0.15, 0.2) is 17.3 Å². The van der Waals surface area contributed by atoms with Crippen molar-refractivity contribution in [2.24, 2.45) is 15.9 Å². The van der Waals surface area contributed by atoms with E-state index in [2.05, 4.69) is 17.1 Å². The smallest absolute Gasteiger partial charge is 0.410 e. The average molecular weight is 487 g/mol. The number of benzene rings is 2. The molecule has 2 unspecified atom stereocenters. The summed E-state index contributed by atoms with van der Waals surface area (Å²) in [6.07, 6.45) is 7.82. The predicted octanol–water partition coefficient (Wildman–Crippen LogP) is 3.34. The summed E-state index contributed by atoms with van der Waals surface area (Å²) in [5.74, 6) is 2.90. The van der Waals surface area contributed by atoms with E-state index in [1.165, 1.54) is 0 Å². The molecule has 1 aliphatic carbocycles. The number of hydrogen-bond donors (Lipinski definition) is 1. The molecule has 1 amide bonds. The average Bonchev–Trinajstić information content (AvgIpc) is 3.41. The summed E-state index contributed by atoms with van der Waals surface area (Å²) < 4.78 is 16.5. The third-order valence-electron chi connectivity index (χ3n) is 6.73. The van der Waals surface area contributed by atoms with Crippen molar-refractivity contribution in [1.29, 1.82) is 0 Å². The Morgan fingerprint density at radius 2 is 1.86 bits per heavy atom. The molecular formula is C27H26N4O5. The maximum Gasteiger partial charge on any atom is 0.410 e. The topological polar surface area (TPSA) is 96.2 Å². The molecule has 36 heavy (non-hydrogen) atoms. The zero-order valence-electron chi connectivity index (χ0n) is 19.6. The molecule has 0 saturated carbocycles. The number of phenols is 1. The van der Waals surface area contributed by atoms with Crippen molar-refractivity contribution in [2.45, 2.75) is 12.6 Å². The van der Waals surface area contributed by atoms with Crippen LogP contribution in [0.1, 0.15) is 11.1 Å². The number of carbonyl (C=O) groups excluding carboxylic acids is 1. The molecule has 0 bridgehead atoms. The Morgan fingerprint density at radius 3 is 2.72 bits per heavy atom. The monoisotopic (exact) mass is 486 g/mol. The van der Waals surface area contributed by atoms with Gasteiger partial charge in [0.05, 0.1) is 17.5 Å². The molecule has 3 heterocycles. The molecule has 0 aromatic heterocycles. The molecule has 0 radical (unpaired) electrons. The molecule has 6 rings (SSSR count). The fourth-order valence-electron chi connectivity index (χ4n) is 4.84. The largest absolute Gasteiger partial charge is 0.507 e. The van der Waals surface area contributed by atoms with Crippen molar-refractivity contribution in [3.63, 3.8) is 0 Å². The first-order chi connectivity index (χ1) is 17.7. The maximum absolute atomic E-state index is 12.8. The van der Waals surface area contributed by atoms with Crippen molar-refractivity contribution in [1.82, 2.24) is 9.80 Å². The Morgan fingerprint density at radius 1 is 1.03 bits per heavy atom. The van der Waals surface area contributed by atoms with Crippen LogP contribution in [-0.2, 0) is 11.3 Å². The highest BCUT2D eigenvalue weighted by atomic mass is 16.7. The second-order valence-electron chi connectivity index (χ2n) is 8.91. The Hall–Kier alpha value is -4.27. The van der Waals surface area contributed by atoms with Crippen molar-refractivity contribution >= 4 is 17.8 Å². The van der Waals surface area contributed by atoms with Crippen LogP contribution < -0.4 is 9.47 Å². The van der Waals surface area contributed by atoms with Gasteiger partial charge < -0.3 is 29.1 Å². The van der Waals surface area contributed by atoms with E-state index in [9.17, 15) is 9.90 Å². The van der Waals surface area contributed by atoms with E-state index in [4.69, 9.17) is 24.2 Å². The number of amidine groups is 2. The Kier molecular flexibility index (Phi) is 5.80. The molecule has 1 saturated heterocycles. The zero-order chi connectivity index (χ0) is 24.5. The van der Waals surface area contributed by atoms with E-state index in [0.717, 1.165) is 11.4 Å². The lowest BCUT2D eigenvalue weighted by atomic mass is 9.91. The lowest BCUT2D eigenvalue weighted by Crippen LogP contribution is -2.53. The Labute approximate surface area is 208 Å². The molecule has 1 N–H and O–H groups in total. The van der Waals surface area contributed by atoms with Gasteiger partial charge in [0.1, 0.15) is 18.2 Å². The minimum Gasteiger partial charge on any atom is -0.507 e. The summed E-state index contributed by atoms with van der Waals surface area (Å²) in [6.45, 7) is 2.59. The number of piperazine rings is 1. The number of carbonyl (C=O) groups is 1. The van der Waals surface area contributed by atoms with Crippen LogP contribution in [0.2, 0.25) is 0 Å². The quantitative estimate of drug-likeness (QED) is 0.715. The van der Waals surface area contributed by atoms with Crippen LogP contribution >= 0.6 is 0 Å². The summed E-state index contributed by atoms with van der Waals surface area (Å²) in [6, 6.07) is 12.6. The summed E-state index contributed by atoms with van der Waals surface area (Å²) in [5, 5.41) is 10.4. The molecule has 9 heteroatoms. The first kappa shape index (κ1) is 22.2. The first-order valence-electron chi connectivity index (χ1n) is 12.0. The number of phenolic OH excluding ortho intramolecular Hbond substituents is 1. The Bertz CT molecular complexity index is 1290. The van der Waals surface area contributed by atoms with Crippen molar-refractivity contribution in [3.8, 4) is 17.2 Å². The van der Waals surface area contributed by atoms with Crippen molar-refractivity contribution in [3.05, 3.63) is 77.9 Å². The molecule has 2 aromatic carbocycles. The minimum atomic E-state index is -0.355. The SMILES string of the molecule is O=C(OCc1cccc2c1OCO2)N1CCN(C2=NC(c3ccccc3O)=NC3C=CC=CC23)CC1. The van der Waals surface area contributed by atoms with Crippen LogP contribution in [0, 0.1) is 5.92 Å².